The first kappa shape index (κ1) is 13.4. The Morgan fingerprint density at radius 3 is 2.72 bits per heavy atom. The van der Waals surface area contributed by atoms with E-state index in [2.05, 4.69) is 5.43 Å². The number of amides is 3. The Labute approximate surface area is 101 Å². The number of rotatable bonds is 3. The highest BCUT2D eigenvalue weighted by Crippen LogP contribution is 2.15. The summed E-state index contributed by atoms with van der Waals surface area (Å²) in [6.07, 6.45) is 0.674. The van der Waals surface area contributed by atoms with Gasteiger partial charge in [0.05, 0.1) is 12.0 Å². The van der Waals surface area contributed by atoms with E-state index >= 15 is 0 Å². The quantitative estimate of drug-likeness (QED) is 0.274. The zero-order valence-corrected chi connectivity index (χ0v) is 9.26. The van der Waals surface area contributed by atoms with Gasteiger partial charge in [0.25, 0.3) is 0 Å². The fraction of sp³-hybridized carbons (Fsp3) is 0.333. The molecule has 18 heavy (non-hydrogen) atoms. The molecule has 2 unspecified atom stereocenters. The van der Waals surface area contributed by atoms with E-state index in [4.69, 9.17) is 10.5 Å². The van der Waals surface area contributed by atoms with Gasteiger partial charge in [-0.15, -0.1) is 0 Å². The molecule has 1 aliphatic heterocycles. The number of hydrogen-bond acceptors (Lipinski definition) is 5. The molecular formula is C9H10N4O5. The van der Waals surface area contributed by atoms with Crippen molar-refractivity contribution in [2.75, 3.05) is 0 Å². The zero-order chi connectivity index (χ0) is 13.9. The van der Waals surface area contributed by atoms with E-state index in [1.807, 2.05) is 5.32 Å². The first-order valence-corrected chi connectivity index (χ1v) is 4.81. The number of carboxylic acids is 1. The van der Waals surface area contributed by atoms with Crippen molar-refractivity contribution in [1.29, 1.82) is 5.41 Å². The Bertz CT molecular complexity index is 468. The first-order chi connectivity index (χ1) is 8.38. The second-order valence-corrected chi connectivity index (χ2v) is 3.52. The first-order valence-electron chi connectivity index (χ1n) is 4.81. The summed E-state index contributed by atoms with van der Waals surface area (Å²) in [5, 5.41) is 18.7. The summed E-state index contributed by atoms with van der Waals surface area (Å²) >= 11 is 0. The summed E-state index contributed by atoms with van der Waals surface area (Å²) in [5.41, 5.74) is 2.11. The molecule has 1 fully saturated rings. The smallest absolute Gasteiger partial charge is 0.343 e. The van der Waals surface area contributed by atoms with Crippen LogP contribution in [0.4, 0.5) is 4.79 Å². The van der Waals surface area contributed by atoms with Gasteiger partial charge in [0, 0.05) is 0 Å². The second-order valence-electron chi connectivity index (χ2n) is 3.52. The summed E-state index contributed by atoms with van der Waals surface area (Å²) in [7, 11) is 0. The van der Waals surface area contributed by atoms with E-state index in [-0.39, 0.29) is 0 Å². The maximum absolute atomic E-state index is 11.5. The molecule has 0 bridgehead atoms. The van der Waals surface area contributed by atoms with Crippen LogP contribution < -0.4 is 10.7 Å². The third-order valence-corrected chi connectivity index (χ3v) is 2.31. The largest absolute Gasteiger partial charge is 0.480 e. The molecule has 1 saturated heterocycles. The highest BCUT2D eigenvalue weighted by atomic mass is 16.4. The molecule has 0 radical (unpaired) electrons. The molecule has 1 aliphatic rings. The van der Waals surface area contributed by atoms with Crippen molar-refractivity contribution in [2.24, 2.45) is 5.92 Å². The summed E-state index contributed by atoms with van der Waals surface area (Å²) in [4.78, 5) is 43.8. The minimum Gasteiger partial charge on any atom is -0.480 e. The third kappa shape index (κ3) is 2.53. The van der Waals surface area contributed by atoms with Gasteiger partial charge in [-0.3, -0.25) is 20.9 Å². The van der Waals surface area contributed by atoms with E-state index in [0.717, 1.165) is 0 Å². The number of hydrazine groups is 1. The summed E-state index contributed by atoms with van der Waals surface area (Å²) in [6.45, 7) is 1.33. The van der Waals surface area contributed by atoms with Crippen LogP contribution in [0.15, 0.2) is 6.08 Å². The van der Waals surface area contributed by atoms with Gasteiger partial charge in [0.15, 0.2) is 6.04 Å². The lowest BCUT2D eigenvalue weighted by Gasteiger charge is -2.36. The van der Waals surface area contributed by atoms with Crippen molar-refractivity contribution < 1.29 is 24.3 Å². The molecule has 2 atom stereocenters. The minimum absolute atomic E-state index is 0.520. The summed E-state index contributed by atoms with van der Waals surface area (Å²) in [6, 6.07) is -2.47. The van der Waals surface area contributed by atoms with Gasteiger partial charge in [-0.05, 0) is 0 Å². The molecule has 96 valence electrons. The monoisotopic (exact) mass is 254 g/mol. The Morgan fingerprint density at radius 2 is 2.22 bits per heavy atom. The lowest BCUT2D eigenvalue weighted by molar-refractivity contribution is -0.149. The van der Waals surface area contributed by atoms with Crippen molar-refractivity contribution >= 4 is 29.7 Å². The molecule has 3 amide bonds. The number of urea groups is 1. The van der Waals surface area contributed by atoms with Gasteiger partial charge in [-0.2, -0.15) is 0 Å². The van der Waals surface area contributed by atoms with Crippen LogP contribution in [0.5, 0.6) is 0 Å². The molecule has 1 heterocycles. The van der Waals surface area contributed by atoms with E-state index < -0.39 is 35.7 Å². The number of carboxylic acid groups (broad SMARTS) is 1. The van der Waals surface area contributed by atoms with Crippen molar-refractivity contribution in [3.8, 4) is 0 Å². The van der Waals surface area contributed by atoms with Gasteiger partial charge in [-0.25, -0.2) is 19.4 Å². The maximum Gasteiger partial charge on any atom is 0.343 e. The van der Waals surface area contributed by atoms with E-state index in [1.165, 1.54) is 12.9 Å². The molecule has 9 nitrogen and oxygen atoms in total. The summed E-state index contributed by atoms with van der Waals surface area (Å²) < 4.78 is 0. The molecule has 0 aliphatic carbocycles. The number of imide groups is 1. The van der Waals surface area contributed by atoms with Crippen LogP contribution in [0.25, 0.3) is 0 Å². The van der Waals surface area contributed by atoms with E-state index in [0.29, 0.717) is 11.1 Å². The standard InChI is InChI=1S/C9H10N4O5/c1-4-6(8(16)17)13(9(18)11-7(4)15)12-5(10)2-3-14/h2,4,6H,1H3,(H2,10,12)(H,16,17)(H,11,15,18). The number of amidine groups is 1. The van der Waals surface area contributed by atoms with Crippen LogP contribution in [0, 0.1) is 11.3 Å². The number of carbonyl (C=O) groups excluding carboxylic acids is 3. The van der Waals surface area contributed by atoms with Gasteiger partial charge in [-0.1, -0.05) is 6.92 Å². The highest BCUT2D eigenvalue weighted by molar-refractivity contribution is 6.04. The number of nitrogens with one attached hydrogen (secondary N) is 3. The van der Waals surface area contributed by atoms with Gasteiger partial charge >= 0.3 is 12.0 Å². The Kier molecular flexibility index (Phi) is 3.80. The predicted octanol–water partition coefficient (Wildman–Crippen LogP) is -1.50. The fourth-order valence-electron chi connectivity index (χ4n) is 1.44. The lowest BCUT2D eigenvalue weighted by Crippen LogP contribution is -2.66. The van der Waals surface area contributed by atoms with Crippen LogP contribution in [-0.4, -0.2) is 45.8 Å². The highest BCUT2D eigenvalue weighted by Gasteiger charge is 2.43. The molecule has 0 spiro atoms. The van der Waals surface area contributed by atoms with Gasteiger partial charge < -0.3 is 5.11 Å². The number of hydrogen-bond donors (Lipinski definition) is 4. The molecule has 4 N–H and O–H groups in total. The normalized spacial score (nSPS) is 22.8. The topological polar surface area (TPSA) is 140 Å². The molecule has 0 aromatic rings. The summed E-state index contributed by atoms with van der Waals surface area (Å²) in [5.74, 6) is -2.34. The Hall–Kier alpha value is -2.67. The SMILES string of the molecule is CC1C(=O)NC(=O)N(NC(=N)C=C=O)C1C(=O)O. The molecule has 1 rings (SSSR count). The Balaban J connectivity index is 3.00. The zero-order valence-electron chi connectivity index (χ0n) is 9.26. The van der Waals surface area contributed by atoms with Crippen molar-refractivity contribution in [2.45, 2.75) is 13.0 Å². The minimum atomic E-state index is -1.47. The average Bonchev–Trinajstić information content (AvgIpc) is 2.25. The molecule has 0 saturated carbocycles. The van der Waals surface area contributed by atoms with E-state index in [1.54, 1.807) is 0 Å². The maximum atomic E-state index is 11.5. The number of nitrogens with zero attached hydrogens (tertiary/aromatic N) is 1. The fourth-order valence-corrected chi connectivity index (χ4v) is 1.44. The lowest BCUT2D eigenvalue weighted by atomic mass is 9.99. The molecule has 0 aromatic heterocycles. The van der Waals surface area contributed by atoms with Gasteiger partial charge in [0.2, 0.25) is 5.91 Å². The Morgan fingerprint density at radius 1 is 1.61 bits per heavy atom. The number of aliphatic carboxylic acids is 1. The average molecular weight is 254 g/mol. The van der Waals surface area contributed by atoms with Crippen LogP contribution in [-0.2, 0) is 14.4 Å². The van der Waals surface area contributed by atoms with Gasteiger partial charge in [0.1, 0.15) is 11.8 Å². The van der Waals surface area contributed by atoms with Crippen molar-refractivity contribution in [1.82, 2.24) is 15.8 Å². The predicted molar refractivity (Wildman–Crippen MR) is 57.1 cm³/mol. The van der Waals surface area contributed by atoms with Crippen LogP contribution in [0.2, 0.25) is 0 Å². The molecular weight excluding hydrogens is 244 g/mol. The van der Waals surface area contributed by atoms with Crippen LogP contribution in [0.3, 0.4) is 0 Å². The molecule has 0 aromatic carbocycles. The second kappa shape index (κ2) is 5.11. The van der Waals surface area contributed by atoms with Crippen molar-refractivity contribution in [3.63, 3.8) is 0 Å². The number of carbonyl (C=O) groups is 3. The van der Waals surface area contributed by atoms with E-state index in [9.17, 15) is 19.2 Å². The third-order valence-electron chi connectivity index (χ3n) is 2.31. The van der Waals surface area contributed by atoms with Crippen LogP contribution in [0.1, 0.15) is 6.92 Å². The van der Waals surface area contributed by atoms with Crippen molar-refractivity contribution in [3.05, 3.63) is 6.08 Å². The van der Waals surface area contributed by atoms with Crippen LogP contribution >= 0.6 is 0 Å². The molecule has 9 heteroatoms.